The summed E-state index contributed by atoms with van der Waals surface area (Å²) in [7, 11) is -0.558. The van der Waals surface area contributed by atoms with Gasteiger partial charge in [-0.2, -0.15) is 0 Å². The number of carbonyl (C=O) groups is 2. The average Bonchev–Trinajstić information content (AvgIpc) is 3.21. The molecule has 2 N–H and O–H groups in total. The fourth-order valence-corrected chi connectivity index (χ4v) is 5.12. The minimum absolute atomic E-state index is 0.0372. The van der Waals surface area contributed by atoms with Gasteiger partial charge >= 0.3 is 5.97 Å². The van der Waals surface area contributed by atoms with Gasteiger partial charge in [-0.3, -0.25) is 4.79 Å². The van der Waals surface area contributed by atoms with Crippen LogP contribution in [0.25, 0.3) is 28.1 Å². The van der Waals surface area contributed by atoms with Crippen molar-refractivity contribution in [3.63, 3.8) is 0 Å². The zero-order chi connectivity index (χ0) is 28.5. The summed E-state index contributed by atoms with van der Waals surface area (Å²) in [6, 6.07) is 20.3. The van der Waals surface area contributed by atoms with Crippen LogP contribution in [0.5, 0.6) is 0 Å². The molecule has 1 aromatic heterocycles. The van der Waals surface area contributed by atoms with Crippen molar-refractivity contribution in [2.45, 2.75) is 18.7 Å². The van der Waals surface area contributed by atoms with Crippen LogP contribution < -0.4 is 5.14 Å². The lowest BCUT2D eigenvalue weighted by Crippen LogP contribution is -2.21. The summed E-state index contributed by atoms with van der Waals surface area (Å²) < 4.78 is 31.1. The second-order valence-corrected chi connectivity index (χ2v) is 11.1. The van der Waals surface area contributed by atoms with E-state index in [2.05, 4.69) is 0 Å². The Kier molecular flexibility index (Phi) is 7.96. The van der Waals surface area contributed by atoms with Crippen LogP contribution in [0.2, 0.25) is 5.02 Å². The molecule has 3 aromatic carbocycles. The molecule has 4 rings (SSSR count). The lowest BCUT2D eigenvalue weighted by molar-refractivity contribution is 0.0526. The molecule has 1 heterocycles. The number of hydrogen-bond acceptors (Lipinski definition) is 5. The molecular weight excluding hydrogens is 538 g/mol. The molecule has 0 atom stereocenters. The molecule has 1 amide bonds. The smallest absolute Gasteiger partial charge is 0.340 e. The second-order valence-electron chi connectivity index (χ2n) is 9.07. The van der Waals surface area contributed by atoms with Gasteiger partial charge in [-0.1, -0.05) is 35.9 Å². The molecule has 0 saturated heterocycles. The molecule has 0 saturated carbocycles. The van der Waals surface area contributed by atoms with Crippen molar-refractivity contribution < 1.29 is 22.7 Å². The maximum Gasteiger partial charge on any atom is 0.340 e. The molecule has 10 heteroatoms. The molecule has 4 aromatic rings. The highest BCUT2D eigenvalue weighted by molar-refractivity contribution is 7.89. The molecular formula is C29H28ClN3O5S. The number of sulfonamides is 1. The maximum absolute atomic E-state index is 13.4. The van der Waals surface area contributed by atoms with Crippen LogP contribution in [-0.4, -0.2) is 50.5 Å². The largest absolute Gasteiger partial charge is 0.462 e. The predicted octanol–water partition coefficient (Wildman–Crippen LogP) is 5.30. The number of rotatable bonds is 7. The lowest BCUT2D eigenvalue weighted by atomic mass is 9.95. The van der Waals surface area contributed by atoms with Crippen LogP contribution in [-0.2, 0) is 14.8 Å². The van der Waals surface area contributed by atoms with Crippen LogP contribution in [0.1, 0.15) is 33.3 Å². The Labute approximate surface area is 232 Å². The summed E-state index contributed by atoms with van der Waals surface area (Å²) in [5, 5.41) is 5.85. The number of halogens is 1. The molecule has 202 valence electrons. The first kappa shape index (κ1) is 28.1. The van der Waals surface area contributed by atoms with Crippen molar-refractivity contribution >= 4 is 33.5 Å². The Hall–Kier alpha value is -3.92. The van der Waals surface area contributed by atoms with Gasteiger partial charge in [0.25, 0.3) is 5.91 Å². The molecule has 0 bridgehead atoms. The van der Waals surface area contributed by atoms with Crippen molar-refractivity contribution in [2.75, 3.05) is 20.7 Å². The van der Waals surface area contributed by atoms with Gasteiger partial charge in [0, 0.05) is 41.6 Å². The predicted molar refractivity (Wildman–Crippen MR) is 152 cm³/mol. The summed E-state index contributed by atoms with van der Waals surface area (Å²) in [5.74, 6) is -0.707. The Morgan fingerprint density at radius 1 is 0.974 bits per heavy atom. The summed E-state index contributed by atoms with van der Waals surface area (Å²) in [6.07, 6.45) is 0. The molecule has 8 nitrogen and oxygen atoms in total. The highest BCUT2D eigenvalue weighted by Gasteiger charge is 2.29. The molecule has 0 aliphatic carbocycles. The molecule has 0 aliphatic heterocycles. The Bertz CT molecular complexity index is 1660. The topological polar surface area (TPSA) is 112 Å². The Morgan fingerprint density at radius 3 is 2.18 bits per heavy atom. The van der Waals surface area contributed by atoms with Crippen LogP contribution >= 0.6 is 11.6 Å². The Morgan fingerprint density at radius 2 is 1.62 bits per heavy atom. The number of hydrogen-bond donors (Lipinski definition) is 1. The summed E-state index contributed by atoms with van der Waals surface area (Å²) in [5.41, 5.74) is 4.54. The van der Waals surface area contributed by atoms with Crippen molar-refractivity contribution in [3.8, 4) is 28.1 Å². The van der Waals surface area contributed by atoms with E-state index in [4.69, 9.17) is 21.5 Å². The van der Waals surface area contributed by atoms with Crippen molar-refractivity contribution in [1.29, 1.82) is 0 Å². The van der Waals surface area contributed by atoms with E-state index in [9.17, 15) is 18.0 Å². The van der Waals surface area contributed by atoms with E-state index in [0.29, 0.717) is 44.4 Å². The number of nitrogens with zero attached hydrogens (tertiary/aromatic N) is 2. The van der Waals surface area contributed by atoms with Gasteiger partial charge in [-0.15, -0.1) is 0 Å². The minimum Gasteiger partial charge on any atom is -0.462 e. The third kappa shape index (κ3) is 5.61. The monoisotopic (exact) mass is 565 g/mol. The number of amides is 1. The SMILES string of the molecule is CCOC(=O)c1c(-c2cccc(C(=O)N(C)C)c2)c(-c2ccc(Cl)cc2)n(-c2ccc(S(N)(=O)=O)cc2)c1C. The fourth-order valence-electron chi connectivity index (χ4n) is 4.48. The molecule has 0 radical (unpaired) electrons. The number of primary sulfonamides is 1. The van der Waals surface area contributed by atoms with E-state index >= 15 is 0 Å². The highest BCUT2D eigenvalue weighted by atomic mass is 35.5. The molecule has 0 unspecified atom stereocenters. The summed E-state index contributed by atoms with van der Waals surface area (Å²) in [4.78, 5) is 27.7. The lowest BCUT2D eigenvalue weighted by Gasteiger charge is -2.15. The Balaban J connectivity index is 2.11. The molecule has 39 heavy (non-hydrogen) atoms. The van der Waals surface area contributed by atoms with E-state index in [1.165, 1.54) is 17.0 Å². The zero-order valence-corrected chi connectivity index (χ0v) is 23.5. The number of esters is 1. The molecule has 0 aliphatic rings. The van der Waals surface area contributed by atoms with Crippen molar-refractivity contribution in [2.24, 2.45) is 5.14 Å². The van der Waals surface area contributed by atoms with Gasteiger partial charge < -0.3 is 14.2 Å². The van der Waals surface area contributed by atoms with Crippen molar-refractivity contribution in [1.82, 2.24) is 9.47 Å². The molecule has 0 fully saturated rings. The zero-order valence-electron chi connectivity index (χ0n) is 21.9. The molecule has 0 spiro atoms. The first-order valence-electron chi connectivity index (χ1n) is 12.1. The van der Waals surface area contributed by atoms with E-state index in [0.717, 1.165) is 5.56 Å². The maximum atomic E-state index is 13.4. The first-order chi connectivity index (χ1) is 18.4. The van der Waals surface area contributed by atoms with Gasteiger partial charge in [0.05, 0.1) is 22.8 Å². The van der Waals surface area contributed by atoms with E-state index < -0.39 is 16.0 Å². The van der Waals surface area contributed by atoms with Crippen LogP contribution in [0.4, 0.5) is 0 Å². The number of benzene rings is 3. The van der Waals surface area contributed by atoms with Crippen molar-refractivity contribution in [3.05, 3.63) is 94.6 Å². The minimum atomic E-state index is -3.90. The van der Waals surface area contributed by atoms with E-state index in [-0.39, 0.29) is 17.4 Å². The normalized spacial score (nSPS) is 11.3. The fraction of sp³-hybridized carbons (Fsp3) is 0.172. The third-order valence-corrected chi connectivity index (χ3v) is 7.41. The van der Waals surface area contributed by atoms with Gasteiger partial charge in [0.15, 0.2) is 0 Å². The standard InChI is InChI=1S/C29H28ClN3O5S/c1-5-38-29(35)25-18(2)33(23-13-15-24(16-14-23)39(31,36)37)27(19-9-11-22(30)12-10-19)26(25)20-7-6-8-21(17-20)28(34)32(3)4/h6-17H,5H2,1-4H3,(H2,31,36,37). The highest BCUT2D eigenvalue weighted by Crippen LogP contribution is 2.42. The summed E-state index contributed by atoms with van der Waals surface area (Å²) >= 11 is 6.19. The van der Waals surface area contributed by atoms with Gasteiger partial charge in [-0.25, -0.2) is 18.4 Å². The van der Waals surface area contributed by atoms with Crippen LogP contribution in [0.3, 0.4) is 0 Å². The van der Waals surface area contributed by atoms with Crippen LogP contribution in [0, 0.1) is 6.92 Å². The number of aromatic nitrogens is 1. The quantitative estimate of drug-likeness (QED) is 0.306. The number of ether oxygens (including phenoxy) is 1. The van der Waals surface area contributed by atoms with Gasteiger partial charge in [0.2, 0.25) is 10.0 Å². The first-order valence-corrected chi connectivity index (χ1v) is 14.0. The van der Waals surface area contributed by atoms with E-state index in [1.54, 1.807) is 70.4 Å². The van der Waals surface area contributed by atoms with Crippen LogP contribution in [0.15, 0.2) is 77.7 Å². The van der Waals surface area contributed by atoms with E-state index in [1.807, 2.05) is 22.8 Å². The van der Waals surface area contributed by atoms with Gasteiger partial charge in [-0.05, 0) is 73.5 Å². The van der Waals surface area contributed by atoms with Gasteiger partial charge in [0.1, 0.15) is 0 Å². The third-order valence-electron chi connectivity index (χ3n) is 6.23. The second kappa shape index (κ2) is 11.1. The summed E-state index contributed by atoms with van der Waals surface area (Å²) in [6.45, 7) is 3.69. The number of carbonyl (C=O) groups excluding carboxylic acids is 2. The average molecular weight is 566 g/mol. The number of nitrogens with two attached hydrogens (primary N) is 1.